The lowest BCUT2D eigenvalue weighted by Crippen LogP contribution is -2.28. The zero-order valence-corrected chi connectivity index (χ0v) is 10.3. The summed E-state index contributed by atoms with van der Waals surface area (Å²) in [6.07, 6.45) is 0.396. The maximum Gasteiger partial charge on any atom is 0.195 e. The summed E-state index contributed by atoms with van der Waals surface area (Å²) in [6.45, 7) is 0. The zero-order valence-electron chi connectivity index (χ0n) is 10.3. The number of rotatable bonds is 2. The molecule has 3 rings (SSSR count). The second-order valence-electron chi connectivity index (χ2n) is 4.65. The Morgan fingerprint density at radius 2 is 1.80 bits per heavy atom. The Hall–Kier alpha value is -2.30. The molecule has 0 saturated carbocycles. The number of carbonyl (C=O) groups is 1. The van der Waals surface area contributed by atoms with Gasteiger partial charge in [-0.25, -0.2) is 13.2 Å². The quantitative estimate of drug-likeness (QED) is 0.674. The van der Waals surface area contributed by atoms with Crippen molar-refractivity contribution >= 4 is 11.5 Å². The van der Waals surface area contributed by atoms with Crippen molar-refractivity contribution in [3.63, 3.8) is 0 Å². The number of halogens is 3. The number of anilines is 1. The molecule has 2 aromatic carbocycles. The maximum atomic E-state index is 13.6. The second kappa shape index (κ2) is 4.67. The Morgan fingerprint density at radius 1 is 1.05 bits per heavy atom. The molecule has 0 saturated heterocycles. The standard InChI is InChI=1S/C15H10F3NO/c16-10-6-5-9(13(17)14(10)18)15(20)12-7-8-3-1-2-4-11(8)19-12/h1-6,12,19H,7H2. The van der Waals surface area contributed by atoms with Gasteiger partial charge in [-0.05, 0) is 23.8 Å². The van der Waals surface area contributed by atoms with Gasteiger partial charge in [-0.15, -0.1) is 0 Å². The molecule has 0 radical (unpaired) electrons. The smallest absolute Gasteiger partial charge is 0.195 e. The fourth-order valence-electron chi connectivity index (χ4n) is 2.36. The Balaban J connectivity index is 1.91. The first-order valence-corrected chi connectivity index (χ1v) is 6.10. The minimum atomic E-state index is -1.62. The van der Waals surface area contributed by atoms with Crippen LogP contribution in [0.15, 0.2) is 36.4 Å². The van der Waals surface area contributed by atoms with Crippen molar-refractivity contribution in [2.75, 3.05) is 5.32 Å². The average molecular weight is 277 g/mol. The number of hydrogen-bond acceptors (Lipinski definition) is 2. The van der Waals surface area contributed by atoms with Gasteiger partial charge in [-0.2, -0.15) is 0 Å². The van der Waals surface area contributed by atoms with E-state index in [2.05, 4.69) is 5.32 Å². The highest BCUT2D eigenvalue weighted by atomic mass is 19.2. The summed E-state index contributed by atoms with van der Waals surface area (Å²) in [7, 11) is 0. The van der Waals surface area contributed by atoms with E-state index in [1.807, 2.05) is 24.3 Å². The minimum absolute atomic E-state index is 0.396. The first-order valence-electron chi connectivity index (χ1n) is 6.10. The summed E-state index contributed by atoms with van der Waals surface area (Å²) in [5.74, 6) is -4.95. The third kappa shape index (κ3) is 1.95. The molecule has 0 aromatic heterocycles. The van der Waals surface area contributed by atoms with Crippen LogP contribution in [0.25, 0.3) is 0 Å². The molecule has 1 heterocycles. The van der Waals surface area contributed by atoms with Gasteiger partial charge in [-0.3, -0.25) is 4.79 Å². The number of benzene rings is 2. The molecule has 20 heavy (non-hydrogen) atoms. The van der Waals surface area contributed by atoms with E-state index >= 15 is 0 Å². The van der Waals surface area contributed by atoms with Crippen LogP contribution in [0.5, 0.6) is 0 Å². The molecule has 102 valence electrons. The summed E-state index contributed by atoms with van der Waals surface area (Å²) < 4.78 is 39.7. The van der Waals surface area contributed by atoms with Crippen LogP contribution >= 0.6 is 0 Å². The molecule has 5 heteroatoms. The van der Waals surface area contributed by atoms with Gasteiger partial charge in [0.05, 0.1) is 11.6 Å². The van der Waals surface area contributed by atoms with Crippen LogP contribution < -0.4 is 5.32 Å². The van der Waals surface area contributed by atoms with E-state index in [0.29, 0.717) is 6.42 Å². The fourth-order valence-corrected chi connectivity index (χ4v) is 2.36. The Kier molecular flexibility index (Phi) is 2.97. The van der Waals surface area contributed by atoms with Crippen LogP contribution in [-0.4, -0.2) is 11.8 Å². The molecule has 0 fully saturated rings. The van der Waals surface area contributed by atoms with Gasteiger partial charge in [0.15, 0.2) is 23.2 Å². The molecule has 2 nitrogen and oxygen atoms in total. The minimum Gasteiger partial charge on any atom is -0.374 e. The van der Waals surface area contributed by atoms with E-state index in [9.17, 15) is 18.0 Å². The molecule has 1 atom stereocenters. The number of fused-ring (bicyclic) bond motifs is 1. The molecular weight excluding hydrogens is 267 g/mol. The summed E-state index contributed by atoms with van der Waals surface area (Å²) in [4.78, 5) is 12.2. The van der Waals surface area contributed by atoms with Gasteiger partial charge < -0.3 is 5.32 Å². The van der Waals surface area contributed by atoms with Crippen molar-refractivity contribution in [2.24, 2.45) is 0 Å². The van der Waals surface area contributed by atoms with E-state index in [-0.39, 0.29) is 0 Å². The number of hydrogen-bond donors (Lipinski definition) is 1. The van der Waals surface area contributed by atoms with Crippen LogP contribution in [-0.2, 0) is 6.42 Å². The predicted octanol–water partition coefficient (Wildman–Crippen LogP) is 3.32. The van der Waals surface area contributed by atoms with Gasteiger partial charge >= 0.3 is 0 Å². The molecule has 1 aliphatic heterocycles. The lowest BCUT2D eigenvalue weighted by molar-refractivity contribution is 0.0966. The predicted molar refractivity (Wildman–Crippen MR) is 68.2 cm³/mol. The van der Waals surface area contributed by atoms with Crippen molar-refractivity contribution in [1.82, 2.24) is 0 Å². The molecule has 0 amide bonds. The van der Waals surface area contributed by atoms with E-state index in [4.69, 9.17) is 0 Å². The molecule has 0 bridgehead atoms. The summed E-state index contributed by atoms with van der Waals surface area (Å²) >= 11 is 0. The molecule has 2 aromatic rings. The number of carbonyl (C=O) groups excluding carboxylic acids is 1. The lowest BCUT2D eigenvalue weighted by atomic mass is 10.0. The van der Waals surface area contributed by atoms with E-state index < -0.39 is 34.8 Å². The highest BCUT2D eigenvalue weighted by Crippen LogP contribution is 2.28. The highest BCUT2D eigenvalue weighted by molar-refractivity contribution is 6.03. The van der Waals surface area contributed by atoms with Gasteiger partial charge in [-0.1, -0.05) is 18.2 Å². The van der Waals surface area contributed by atoms with Crippen LogP contribution in [0.4, 0.5) is 18.9 Å². The second-order valence-corrected chi connectivity index (χ2v) is 4.65. The highest BCUT2D eigenvalue weighted by Gasteiger charge is 2.30. The van der Waals surface area contributed by atoms with E-state index in [0.717, 1.165) is 23.4 Å². The van der Waals surface area contributed by atoms with Crippen molar-refractivity contribution < 1.29 is 18.0 Å². The van der Waals surface area contributed by atoms with Crippen LogP contribution in [0.3, 0.4) is 0 Å². The van der Waals surface area contributed by atoms with Gasteiger partial charge in [0.2, 0.25) is 0 Å². The van der Waals surface area contributed by atoms with Gasteiger partial charge in [0.1, 0.15) is 0 Å². The van der Waals surface area contributed by atoms with Crippen LogP contribution in [0, 0.1) is 17.5 Å². The molecule has 0 spiro atoms. The van der Waals surface area contributed by atoms with E-state index in [1.165, 1.54) is 0 Å². The summed E-state index contributed by atoms with van der Waals surface area (Å²) in [6, 6.07) is 8.39. The number of ketones is 1. The van der Waals surface area contributed by atoms with Crippen LogP contribution in [0.1, 0.15) is 15.9 Å². The first kappa shape index (κ1) is 12.7. The average Bonchev–Trinajstić information content (AvgIpc) is 2.88. The van der Waals surface area contributed by atoms with Crippen molar-refractivity contribution in [3.8, 4) is 0 Å². The van der Waals surface area contributed by atoms with Crippen molar-refractivity contribution in [2.45, 2.75) is 12.5 Å². The Morgan fingerprint density at radius 3 is 2.55 bits per heavy atom. The third-order valence-electron chi connectivity index (χ3n) is 3.39. The van der Waals surface area contributed by atoms with Gasteiger partial charge in [0.25, 0.3) is 0 Å². The number of Topliss-reactive ketones (excluding diaryl/α,β-unsaturated/α-hetero) is 1. The number of para-hydroxylation sites is 1. The lowest BCUT2D eigenvalue weighted by Gasteiger charge is -2.11. The Labute approximate surface area is 113 Å². The largest absolute Gasteiger partial charge is 0.374 e. The van der Waals surface area contributed by atoms with Crippen molar-refractivity contribution in [1.29, 1.82) is 0 Å². The van der Waals surface area contributed by atoms with Gasteiger partial charge in [0, 0.05) is 12.1 Å². The summed E-state index contributed by atoms with van der Waals surface area (Å²) in [5, 5.41) is 2.96. The maximum absolute atomic E-state index is 13.6. The zero-order chi connectivity index (χ0) is 14.3. The van der Waals surface area contributed by atoms with E-state index in [1.54, 1.807) is 0 Å². The Bertz CT molecular complexity index is 675. The molecule has 0 aliphatic carbocycles. The van der Waals surface area contributed by atoms with Crippen molar-refractivity contribution in [3.05, 3.63) is 65.0 Å². The van der Waals surface area contributed by atoms with Crippen LogP contribution in [0.2, 0.25) is 0 Å². The topological polar surface area (TPSA) is 29.1 Å². The monoisotopic (exact) mass is 277 g/mol. The fraction of sp³-hybridized carbons (Fsp3) is 0.133. The molecular formula is C15H10F3NO. The molecule has 1 aliphatic rings. The number of nitrogens with one attached hydrogen (secondary N) is 1. The third-order valence-corrected chi connectivity index (χ3v) is 3.39. The SMILES string of the molecule is O=C(c1ccc(F)c(F)c1F)C1Cc2ccccc2N1. The molecule has 1 N–H and O–H groups in total. The normalized spacial score (nSPS) is 16.6. The summed E-state index contributed by atoms with van der Waals surface area (Å²) in [5.41, 5.74) is 1.30. The first-order chi connectivity index (χ1) is 9.58. The molecule has 1 unspecified atom stereocenters.